The molecule has 0 radical (unpaired) electrons. The summed E-state index contributed by atoms with van der Waals surface area (Å²) in [5, 5.41) is 65.0. The minimum absolute atomic E-state index is 0. The number of carbonyl (C=O) groups excluding carboxylic acids is 9. The molecule has 282 valence electrons. The van der Waals surface area contributed by atoms with Gasteiger partial charge in [0.05, 0.1) is 35.8 Å². The van der Waals surface area contributed by atoms with Crippen LogP contribution in [0.1, 0.15) is 77.0 Å². The molecule has 3 saturated carbocycles. The van der Waals surface area contributed by atoms with Gasteiger partial charge in [-0.05, 0) is 74.0 Å². The molecule has 0 saturated heterocycles. The number of carbonyl (C=O) groups is 9. The summed E-state index contributed by atoms with van der Waals surface area (Å²) in [6.07, 6.45) is 8.76. The zero-order chi connectivity index (χ0) is 39.0. The number of ketones is 3. The van der Waals surface area contributed by atoms with E-state index in [1.807, 2.05) is 0 Å². The van der Waals surface area contributed by atoms with Crippen molar-refractivity contribution in [3.63, 3.8) is 0 Å². The number of carboxylic acid groups (broad SMARTS) is 6. The van der Waals surface area contributed by atoms with Crippen molar-refractivity contribution in [3.05, 3.63) is 38.0 Å². The molecule has 0 heterocycles. The van der Waals surface area contributed by atoms with Crippen LogP contribution in [0, 0.1) is 53.3 Å². The van der Waals surface area contributed by atoms with Gasteiger partial charge in [0.15, 0.2) is 0 Å². The first-order valence-corrected chi connectivity index (χ1v) is 16.5. The largest absolute Gasteiger partial charge is 3.00 e. The van der Waals surface area contributed by atoms with Crippen molar-refractivity contribution in [1.82, 2.24) is 0 Å². The van der Waals surface area contributed by atoms with Gasteiger partial charge in [-0.2, -0.15) is 0 Å². The van der Waals surface area contributed by atoms with Crippen molar-refractivity contribution in [1.29, 1.82) is 0 Å². The van der Waals surface area contributed by atoms with Gasteiger partial charge in [0, 0.05) is 56.3 Å². The van der Waals surface area contributed by atoms with Gasteiger partial charge >= 0.3 is 51.7 Å². The number of aliphatic carboxylic acids is 6. The molecule has 3 fully saturated rings. The van der Waals surface area contributed by atoms with Crippen molar-refractivity contribution in [2.75, 3.05) is 0 Å². The Balaban J connectivity index is 0. The second-order valence-electron chi connectivity index (χ2n) is 13.0. The first-order chi connectivity index (χ1) is 23.9. The Morgan fingerprint density at radius 3 is 0.811 bits per heavy atom. The summed E-state index contributed by atoms with van der Waals surface area (Å²) in [6.45, 7) is 10.6. The Labute approximate surface area is 344 Å². The molecule has 3 aliphatic rings. The Hall–Kier alpha value is -3.21. The van der Waals surface area contributed by atoms with Crippen molar-refractivity contribution in [3.8, 4) is 0 Å². The normalized spacial score (nSPS) is 23.7. The van der Waals surface area contributed by atoms with Gasteiger partial charge < -0.3 is 59.4 Å². The molecule has 15 nitrogen and oxygen atoms in total. The zero-order valence-corrected chi connectivity index (χ0v) is 35.9. The van der Waals surface area contributed by atoms with Crippen LogP contribution in [-0.2, 0) is 43.2 Å². The van der Waals surface area contributed by atoms with Gasteiger partial charge in [-0.15, -0.1) is 19.7 Å². The van der Waals surface area contributed by atoms with Gasteiger partial charge in [-0.1, -0.05) is 18.2 Å². The van der Waals surface area contributed by atoms with Crippen LogP contribution in [0.25, 0.3) is 0 Å². The van der Waals surface area contributed by atoms with E-state index >= 15 is 0 Å². The van der Waals surface area contributed by atoms with E-state index in [1.165, 1.54) is 0 Å². The predicted octanol–water partition coefficient (Wildman–Crippen LogP) is -4.77. The Morgan fingerprint density at radius 2 is 0.660 bits per heavy atom. The van der Waals surface area contributed by atoms with Crippen LogP contribution in [0.15, 0.2) is 38.0 Å². The second-order valence-corrected chi connectivity index (χ2v) is 13.0. The quantitative estimate of drug-likeness (QED) is 0.110. The fourth-order valence-electron chi connectivity index (χ4n) is 7.30. The molecular weight excluding hydrogens is 902 g/mol. The summed E-state index contributed by atoms with van der Waals surface area (Å²) in [5.41, 5.74) is 0. The van der Waals surface area contributed by atoms with Crippen LogP contribution in [0.4, 0.5) is 0 Å². The minimum atomic E-state index is -1.72. The number of rotatable bonds is 15. The van der Waals surface area contributed by atoms with Gasteiger partial charge in [-0.3, -0.25) is 14.4 Å². The van der Waals surface area contributed by atoms with Crippen LogP contribution in [0.2, 0.25) is 0 Å². The third kappa shape index (κ3) is 16.4. The van der Waals surface area contributed by atoms with Gasteiger partial charge in [0.1, 0.15) is 17.3 Å². The minimum Gasteiger partial charge on any atom is -0.549 e. The van der Waals surface area contributed by atoms with E-state index in [0.29, 0.717) is 57.8 Å². The molecule has 6 atom stereocenters. The number of hydrogen-bond donors (Lipinski definition) is 0. The number of hydrogen-bond acceptors (Lipinski definition) is 15. The molecule has 0 aromatic carbocycles. The maximum Gasteiger partial charge on any atom is 3.00 e. The SMILES string of the molecule is C=CCC1CCC(=O)CC1C(C(=O)[O-])C(=O)[O-].C=CCC1CCC(=O)CC1C(C(=O)[O-])C(=O)[O-].C=CCC1CCC(=O)CC1C(C(=O)[O-])C(=O)[O-].[In+3].[In+3]. The maximum absolute atomic E-state index is 11.3. The number of carboxylic acids is 6. The van der Waals surface area contributed by atoms with Crippen molar-refractivity contribution < 1.29 is 73.8 Å². The average molecular weight is 944 g/mol. The topological polar surface area (TPSA) is 292 Å². The summed E-state index contributed by atoms with van der Waals surface area (Å²) in [5.74, 6) is -18.3. The Bertz CT molecular complexity index is 1170. The summed E-state index contributed by atoms with van der Waals surface area (Å²) in [7, 11) is 0. The second kappa shape index (κ2) is 25.7. The van der Waals surface area contributed by atoms with E-state index in [0.717, 1.165) is 0 Å². The molecule has 0 bridgehead atoms. The molecule has 0 spiro atoms. The molecule has 0 N–H and O–H groups in total. The van der Waals surface area contributed by atoms with Crippen molar-refractivity contribution in [2.24, 2.45) is 53.3 Å². The maximum atomic E-state index is 11.3. The molecule has 0 amide bonds. The van der Waals surface area contributed by atoms with Crippen molar-refractivity contribution >= 4 is 105 Å². The first kappa shape index (κ1) is 51.9. The zero-order valence-electron chi connectivity index (χ0n) is 29.3. The number of Topliss-reactive ketones (excluding diaryl/α,β-unsaturated/α-hetero) is 3. The molecule has 17 heteroatoms. The first-order valence-electron chi connectivity index (χ1n) is 16.5. The van der Waals surface area contributed by atoms with Crippen LogP contribution >= 0.6 is 0 Å². The van der Waals surface area contributed by atoms with Crippen molar-refractivity contribution in [2.45, 2.75) is 77.0 Å². The van der Waals surface area contributed by atoms with E-state index in [9.17, 15) is 73.8 Å². The van der Waals surface area contributed by atoms with E-state index < -0.39 is 71.3 Å². The molecular formula is C36H42In2O15. The fourth-order valence-corrected chi connectivity index (χ4v) is 7.30. The number of allylic oxidation sites excluding steroid dienone is 3. The average Bonchev–Trinajstić information content (AvgIpc) is 3.01. The fraction of sp³-hybridized carbons (Fsp3) is 0.583. The van der Waals surface area contributed by atoms with Gasteiger partial charge in [-0.25, -0.2) is 0 Å². The van der Waals surface area contributed by atoms with Crippen LogP contribution < -0.4 is 30.6 Å². The molecule has 6 unspecified atom stereocenters. The van der Waals surface area contributed by atoms with E-state index in [1.54, 1.807) is 18.2 Å². The summed E-state index contributed by atoms with van der Waals surface area (Å²) < 4.78 is 0. The molecule has 0 aromatic rings. The molecule has 0 aromatic heterocycles. The van der Waals surface area contributed by atoms with Crippen LogP contribution in [0.3, 0.4) is 0 Å². The Kier molecular flexibility index (Phi) is 25.2. The van der Waals surface area contributed by atoms with E-state index in [2.05, 4.69) is 19.7 Å². The monoisotopic (exact) mass is 944 g/mol. The molecule has 0 aliphatic heterocycles. The predicted molar refractivity (Wildman–Crippen MR) is 174 cm³/mol. The van der Waals surface area contributed by atoms with E-state index in [4.69, 9.17) is 0 Å². The third-order valence-corrected chi connectivity index (χ3v) is 9.80. The van der Waals surface area contributed by atoms with Crippen LogP contribution in [0.5, 0.6) is 0 Å². The van der Waals surface area contributed by atoms with Crippen LogP contribution in [-0.4, -0.2) is 105 Å². The van der Waals surface area contributed by atoms with Gasteiger partial charge in [0.25, 0.3) is 0 Å². The van der Waals surface area contributed by atoms with Gasteiger partial charge in [0.2, 0.25) is 0 Å². The molecule has 3 rings (SSSR count). The summed E-state index contributed by atoms with van der Waals surface area (Å²) in [6, 6.07) is 0. The summed E-state index contributed by atoms with van der Waals surface area (Å²) >= 11 is 0. The molecule has 3 aliphatic carbocycles. The summed E-state index contributed by atoms with van der Waals surface area (Å²) in [4.78, 5) is 98.9. The Morgan fingerprint density at radius 1 is 0.472 bits per heavy atom. The standard InChI is InChI=1S/3C12H16O5.2In/c3*1-2-3-7-4-5-8(13)6-9(7)10(11(14)15)12(16)17;;/h3*2,7,9-10H,1,3-6H2,(H,14,15)(H,16,17);;/q;;;2*+3/p-6. The van der Waals surface area contributed by atoms with E-state index in [-0.39, 0.29) is 106 Å². The smallest absolute Gasteiger partial charge is 0.549 e. The molecule has 53 heavy (non-hydrogen) atoms. The third-order valence-electron chi connectivity index (χ3n) is 9.80.